The molecule has 1 aromatic carbocycles. The third-order valence-electron chi connectivity index (χ3n) is 3.23. The Hall–Kier alpha value is -1.58. The van der Waals surface area contributed by atoms with Gasteiger partial charge in [0, 0.05) is 12.6 Å². The van der Waals surface area contributed by atoms with Gasteiger partial charge >= 0.3 is 0 Å². The molecule has 2 unspecified atom stereocenters. The van der Waals surface area contributed by atoms with Crippen molar-refractivity contribution >= 4 is 0 Å². The molecule has 19 heavy (non-hydrogen) atoms. The van der Waals surface area contributed by atoms with E-state index in [0.29, 0.717) is 12.3 Å². The average molecular weight is 259 g/mol. The molecule has 0 aliphatic heterocycles. The minimum atomic E-state index is -0.608. The number of hydrogen-bond donors (Lipinski definition) is 2. The number of rotatable bonds is 5. The summed E-state index contributed by atoms with van der Waals surface area (Å²) in [6, 6.07) is 10.3. The van der Waals surface area contributed by atoms with Gasteiger partial charge in [-0.25, -0.2) is 0 Å². The first-order chi connectivity index (χ1) is 9.06. The lowest BCUT2D eigenvalue weighted by Crippen LogP contribution is -2.24. The summed E-state index contributed by atoms with van der Waals surface area (Å²) in [5.74, 6) is 0.597. The van der Waals surface area contributed by atoms with Crippen molar-refractivity contribution in [1.82, 2.24) is 5.32 Å². The van der Waals surface area contributed by atoms with Gasteiger partial charge in [0.15, 0.2) is 0 Å². The van der Waals surface area contributed by atoms with Gasteiger partial charge in [-0.1, -0.05) is 29.3 Å². The van der Waals surface area contributed by atoms with Gasteiger partial charge in [0.05, 0.1) is 6.26 Å². The molecule has 3 nitrogen and oxygen atoms in total. The predicted molar refractivity (Wildman–Crippen MR) is 76.0 cm³/mol. The Morgan fingerprint density at radius 2 is 1.89 bits per heavy atom. The third kappa shape index (κ3) is 3.69. The molecule has 0 fully saturated rings. The Morgan fingerprint density at radius 1 is 1.21 bits per heavy atom. The fraction of sp³-hybridized carbons (Fsp3) is 0.375. The third-order valence-corrected chi connectivity index (χ3v) is 3.23. The quantitative estimate of drug-likeness (QED) is 0.866. The molecule has 0 radical (unpaired) electrons. The van der Waals surface area contributed by atoms with Gasteiger partial charge in [0.2, 0.25) is 0 Å². The topological polar surface area (TPSA) is 45.4 Å². The molecular formula is C16H21NO2. The smallest absolute Gasteiger partial charge is 0.133 e. The molecule has 0 bridgehead atoms. The fourth-order valence-electron chi connectivity index (χ4n) is 2.25. The number of aryl methyl sites for hydroxylation is 2. The predicted octanol–water partition coefficient (Wildman–Crippen LogP) is 3.28. The maximum Gasteiger partial charge on any atom is 0.133 e. The van der Waals surface area contributed by atoms with E-state index in [9.17, 15) is 5.11 Å². The standard InChI is InChI=1S/C16H21NO2/c1-11-7-12(2)9-14(8-11)13(3)17-10-15(18)16-5-4-6-19-16/h4-9,13,15,17-18H,10H2,1-3H3. The number of furan rings is 1. The van der Waals surface area contributed by atoms with Gasteiger partial charge in [0.1, 0.15) is 11.9 Å². The van der Waals surface area contributed by atoms with Crippen molar-refractivity contribution in [2.45, 2.75) is 32.9 Å². The Bertz CT molecular complexity index is 499. The lowest BCUT2D eigenvalue weighted by Gasteiger charge is -2.17. The largest absolute Gasteiger partial charge is 0.467 e. The molecule has 0 spiro atoms. The van der Waals surface area contributed by atoms with E-state index in [1.165, 1.54) is 16.7 Å². The second kappa shape index (κ2) is 6.04. The highest BCUT2D eigenvalue weighted by Crippen LogP contribution is 2.18. The van der Waals surface area contributed by atoms with Gasteiger partial charge < -0.3 is 14.8 Å². The molecule has 2 atom stereocenters. The number of benzene rings is 1. The zero-order chi connectivity index (χ0) is 13.8. The molecular weight excluding hydrogens is 238 g/mol. The van der Waals surface area contributed by atoms with Gasteiger partial charge in [-0.3, -0.25) is 0 Å². The second-order valence-electron chi connectivity index (χ2n) is 5.08. The van der Waals surface area contributed by atoms with E-state index in [-0.39, 0.29) is 6.04 Å². The second-order valence-corrected chi connectivity index (χ2v) is 5.08. The minimum absolute atomic E-state index is 0.197. The van der Waals surface area contributed by atoms with Crippen LogP contribution in [0.3, 0.4) is 0 Å². The Balaban J connectivity index is 1.95. The summed E-state index contributed by atoms with van der Waals surface area (Å²) >= 11 is 0. The number of nitrogens with one attached hydrogen (secondary N) is 1. The van der Waals surface area contributed by atoms with Crippen LogP contribution in [0.25, 0.3) is 0 Å². The molecule has 0 saturated heterocycles. The van der Waals surface area contributed by atoms with Crippen molar-refractivity contribution in [2.24, 2.45) is 0 Å². The van der Waals surface area contributed by atoms with Crippen LogP contribution in [0.4, 0.5) is 0 Å². The van der Waals surface area contributed by atoms with E-state index < -0.39 is 6.10 Å². The van der Waals surface area contributed by atoms with E-state index in [1.54, 1.807) is 18.4 Å². The van der Waals surface area contributed by atoms with E-state index in [2.05, 4.69) is 44.3 Å². The van der Waals surface area contributed by atoms with Crippen LogP contribution in [0.15, 0.2) is 41.0 Å². The lowest BCUT2D eigenvalue weighted by molar-refractivity contribution is 0.144. The highest BCUT2D eigenvalue weighted by atomic mass is 16.4. The van der Waals surface area contributed by atoms with Crippen molar-refractivity contribution < 1.29 is 9.52 Å². The zero-order valence-electron chi connectivity index (χ0n) is 11.7. The van der Waals surface area contributed by atoms with Crippen LogP contribution in [-0.4, -0.2) is 11.7 Å². The summed E-state index contributed by atoms with van der Waals surface area (Å²) in [5.41, 5.74) is 3.76. The highest BCUT2D eigenvalue weighted by molar-refractivity contribution is 5.30. The molecule has 102 valence electrons. The summed E-state index contributed by atoms with van der Waals surface area (Å²) in [7, 11) is 0. The van der Waals surface area contributed by atoms with Crippen LogP contribution in [0, 0.1) is 13.8 Å². The van der Waals surface area contributed by atoms with Crippen molar-refractivity contribution in [1.29, 1.82) is 0 Å². The molecule has 0 saturated carbocycles. The van der Waals surface area contributed by atoms with Crippen LogP contribution >= 0.6 is 0 Å². The molecule has 2 rings (SSSR count). The summed E-state index contributed by atoms with van der Waals surface area (Å²) < 4.78 is 5.18. The molecule has 0 aliphatic rings. The number of aliphatic hydroxyl groups excluding tert-OH is 1. The Labute approximate surface area is 114 Å². The van der Waals surface area contributed by atoms with Gasteiger partial charge in [-0.15, -0.1) is 0 Å². The summed E-state index contributed by atoms with van der Waals surface area (Å²) in [4.78, 5) is 0. The fourth-order valence-corrected chi connectivity index (χ4v) is 2.25. The average Bonchev–Trinajstić information content (AvgIpc) is 2.88. The first kappa shape index (κ1) is 13.8. The number of hydrogen-bond acceptors (Lipinski definition) is 3. The Morgan fingerprint density at radius 3 is 2.47 bits per heavy atom. The van der Waals surface area contributed by atoms with E-state index in [4.69, 9.17) is 4.42 Å². The van der Waals surface area contributed by atoms with Crippen LogP contribution in [0.1, 0.15) is 41.5 Å². The summed E-state index contributed by atoms with van der Waals surface area (Å²) in [6.07, 6.45) is 0.967. The molecule has 2 N–H and O–H groups in total. The molecule has 1 aromatic heterocycles. The van der Waals surface area contributed by atoms with E-state index in [0.717, 1.165) is 0 Å². The van der Waals surface area contributed by atoms with Crippen LogP contribution in [0.5, 0.6) is 0 Å². The first-order valence-electron chi connectivity index (χ1n) is 6.59. The lowest BCUT2D eigenvalue weighted by atomic mass is 10.0. The summed E-state index contributed by atoms with van der Waals surface area (Å²) in [6.45, 7) is 6.77. The van der Waals surface area contributed by atoms with Crippen LogP contribution in [0.2, 0.25) is 0 Å². The number of aliphatic hydroxyl groups is 1. The minimum Gasteiger partial charge on any atom is -0.467 e. The molecule has 0 amide bonds. The van der Waals surface area contributed by atoms with Crippen molar-refractivity contribution in [3.63, 3.8) is 0 Å². The van der Waals surface area contributed by atoms with Gasteiger partial charge in [-0.05, 0) is 38.5 Å². The van der Waals surface area contributed by atoms with Crippen molar-refractivity contribution in [3.8, 4) is 0 Å². The van der Waals surface area contributed by atoms with Gasteiger partial charge in [0.25, 0.3) is 0 Å². The van der Waals surface area contributed by atoms with E-state index in [1.807, 2.05) is 0 Å². The van der Waals surface area contributed by atoms with Crippen molar-refractivity contribution in [3.05, 3.63) is 59.0 Å². The first-order valence-corrected chi connectivity index (χ1v) is 6.59. The van der Waals surface area contributed by atoms with Crippen LogP contribution < -0.4 is 5.32 Å². The zero-order valence-corrected chi connectivity index (χ0v) is 11.7. The highest BCUT2D eigenvalue weighted by Gasteiger charge is 2.12. The normalized spacial score (nSPS) is 14.3. The van der Waals surface area contributed by atoms with E-state index >= 15 is 0 Å². The monoisotopic (exact) mass is 259 g/mol. The molecule has 2 aromatic rings. The summed E-state index contributed by atoms with van der Waals surface area (Å²) in [5, 5.41) is 13.3. The SMILES string of the molecule is Cc1cc(C)cc(C(C)NCC(O)c2ccco2)c1. The van der Waals surface area contributed by atoms with Crippen LogP contribution in [-0.2, 0) is 0 Å². The Kier molecular flexibility index (Phi) is 4.40. The van der Waals surface area contributed by atoms with Gasteiger partial charge in [-0.2, -0.15) is 0 Å². The van der Waals surface area contributed by atoms with Crippen molar-refractivity contribution in [2.75, 3.05) is 6.54 Å². The molecule has 0 aliphatic carbocycles. The maximum absolute atomic E-state index is 9.96. The molecule has 3 heteroatoms. The maximum atomic E-state index is 9.96. The molecule has 1 heterocycles.